The molecule has 2 aromatic rings. The number of likely N-dealkylation sites (tertiary alicyclic amines) is 1. The maximum atomic E-state index is 12.7. The van der Waals surface area contributed by atoms with E-state index in [0.29, 0.717) is 16.8 Å². The molecule has 3 rings (SSSR count). The minimum absolute atomic E-state index is 0.0569. The van der Waals surface area contributed by atoms with E-state index in [1.807, 2.05) is 4.90 Å². The summed E-state index contributed by atoms with van der Waals surface area (Å²) in [6, 6.07) is 8.67. The fraction of sp³-hybridized carbons (Fsp3) is 0.350. The Kier molecular flexibility index (Phi) is 5.84. The molecule has 1 aliphatic heterocycles. The molecule has 6 heteroatoms. The number of ether oxygens (including phenoxy) is 1. The van der Waals surface area contributed by atoms with Gasteiger partial charge < -0.3 is 15.0 Å². The van der Waals surface area contributed by atoms with Crippen LogP contribution in [0.5, 0.6) is 5.75 Å². The average Bonchev–Trinajstić information content (AvgIpc) is 2.97. The van der Waals surface area contributed by atoms with Crippen molar-refractivity contribution in [3.63, 3.8) is 0 Å². The molecule has 0 bridgehead atoms. The predicted molar refractivity (Wildman–Crippen MR) is 99.6 cm³/mol. The van der Waals surface area contributed by atoms with E-state index in [1.54, 1.807) is 37.4 Å². The third-order valence-corrected chi connectivity index (χ3v) is 4.49. The second-order valence-electron chi connectivity index (χ2n) is 6.35. The van der Waals surface area contributed by atoms with Crippen LogP contribution in [0.25, 0.3) is 0 Å². The Hall–Kier alpha value is -2.89. The number of carbonyl (C=O) groups is 2. The fourth-order valence-corrected chi connectivity index (χ4v) is 3.02. The van der Waals surface area contributed by atoms with Crippen molar-refractivity contribution in [2.24, 2.45) is 0 Å². The summed E-state index contributed by atoms with van der Waals surface area (Å²) >= 11 is 0. The number of anilines is 1. The van der Waals surface area contributed by atoms with Gasteiger partial charge in [0.15, 0.2) is 0 Å². The highest BCUT2D eigenvalue weighted by Gasteiger charge is 2.19. The summed E-state index contributed by atoms with van der Waals surface area (Å²) < 4.78 is 5.10. The number of carbonyl (C=O) groups excluding carboxylic acids is 2. The predicted octanol–water partition coefficient (Wildman–Crippen LogP) is 3.36. The molecule has 6 nitrogen and oxygen atoms in total. The molecular formula is C20H23N3O3. The number of nitrogens with zero attached hydrogens (tertiary/aromatic N) is 2. The highest BCUT2D eigenvalue weighted by Crippen LogP contribution is 2.17. The van der Waals surface area contributed by atoms with Crippen LogP contribution in [0.2, 0.25) is 0 Å². The quantitative estimate of drug-likeness (QED) is 0.915. The Morgan fingerprint density at radius 1 is 1.00 bits per heavy atom. The van der Waals surface area contributed by atoms with Crippen LogP contribution < -0.4 is 10.1 Å². The lowest BCUT2D eigenvalue weighted by Crippen LogP contribution is -2.32. The van der Waals surface area contributed by atoms with E-state index in [2.05, 4.69) is 10.3 Å². The number of aromatic nitrogens is 1. The molecule has 1 saturated heterocycles. The van der Waals surface area contributed by atoms with Crippen molar-refractivity contribution in [2.75, 3.05) is 25.5 Å². The van der Waals surface area contributed by atoms with E-state index in [-0.39, 0.29) is 11.8 Å². The third kappa shape index (κ3) is 4.39. The van der Waals surface area contributed by atoms with Crippen LogP contribution in [0.3, 0.4) is 0 Å². The van der Waals surface area contributed by atoms with Gasteiger partial charge in [-0.25, -0.2) is 0 Å². The molecule has 0 unspecified atom stereocenters. The first kappa shape index (κ1) is 17.9. The summed E-state index contributed by atoms with van der Waals surface area (Å²) in [4.78, 5) is 31.1. The largest absolute Gasteiger partial charge is 0.497 e. The number of rotatable bonds is 4. The second kappa shape index (κ2) is 8.47. The normalized spacial score (nSPS) is 14.4. The first-order chi connectivity index (χ1) is 12.7. The van der Waals surface area contributed by atoms with Gasteiger partial charge in [0.2, 0.25) is 0 Å². The van der Waals surface area contributed by atoms with Crippen LogP contribution >= 0.6 is 0 Å². The summed E-state index contributed by atoms with van der Waals surface area (Å²) in [6.45, 7) is 1.53. The van der Waals surface area contributed by atoms with Crippen LogP contribution in [0, 0.1) is 0 Å². The summed E-state index contributed by atoms with van der Waals surface area (Å²) in [5.41, 5.74) is 1.47. The average molecular weight is 353 g/mol. The number of methoxy groups -OCH3 is 1. The van der Waals surface area contributed by atoms with Gasteiger partial charge in [-0.15, -0.1) is 0 Å². The molecule has 0 spiro atoms. The lowest BCUT2D eigenvalue weighted by molar-refractivity contribution is 0.0761. The zero-order chi connectivity index (χ0) is 18.4. The molecule has 0 saturated carbocycles. The summed E-state index contributed by atoms with van der Waals surface area (Å²) in [5.74, 6) is 0.362. The maximum absolute atomic E-state index is 12.7. The SMILES string of the molecule is COc1ccc(NC(=O)c2cncc(C(=O)N3CCCCCC3)c2)cc1. The highest BCUT2D eigenvalue weighted by molar-refractivity contribution is 6.05. The van der Waals surface area contributed by atoms with Crippen molar-refractivity contribution in [3.8, 4) is 5.75 Å². The van der Waals surface area contributed by atoms with E-state index < -0.39 is 0 Å². The lowest BCUT2D eigenvalue weighted by atomic mass is 10.1. The van der Waals surface area contributed by atoms with Crippen LogP contribution in [0.1, 0.15) is 46.4 Å². The maximum Gasteiger partial charge on any atom is 0.257 e. The van der Waals surface area contributed by atoms with E-state index in [1.165, 1.54) is 12.4 Å². The first-order valence-electron chi connectivity index (χ1n) is 8.87. The van der Waals surface area contributed by atoms with Gasteiger partial charge in [0, 0.05) is 31.2 Å². The fourth-order valence-electron chi connectivity index (χ4n) is 3.02. The Morgan fingerprint density at radius 2 is 1.65 bits per heavy atom. The molecule has 0 aliphatic carbocycles. The molecule has 1 N–H and O–H groups in total. The van der Waals surface area contributed by atoms with Gasteiger partial charge in [0.05, 0.1) is 18.2 Å². The highest BCUT2D eigenvalue weighted by atomic mass is 16.5. The molecule has 2 heterocycles. The van der Waals surface area contributed by atoms with Gasteiger partial charge >= 0.3 is 0 Å². The number of pyridine rings is 1. The monoisotopic (exact) mass is 353 g/mol. The molecule has 0 atom stereocenters. The Balaban J connectivity index is 1.71. The number of nitrogens with one attached hydrogen (secondary N) is 1. The van der Waals surface area contributed by atoms with Crippen molar-refractivity contribution in [1.29, 1.82) is 0 Å². The van der Waals surface area contributed by atoms with Gasteiger partial charge in [-0.2, -0.15) is 0 Å². The minimum Gasteiger partial charge on any atom is -0.497 e. The van der Waals surface area contributed by atoms with E-state index in [4.69, 9.17) is 4.74 Å². The zero-order valence-electron chi connectivity index (χ0n) is 14.9. The third-order valence-electron chi connectivity index (χ3n) is 4.49. The minimum atomic E-state index is -0.298. The smallest absolute Gasteiger partial charge is 0.257 e. The molecular weight excluding hydrogens is 330 g/mol. The van der Waals surface area contributed by atoms with Crippen molar-refractivity contribution in [3.05, 3.63) is 53.9 Å². The van der Waals surface area contributed by atoms with Gasteiger partial charge in [0.1, 0.15) is 5.75 Å². The summed E-state index contributed by atoms with van der Waals surface area (Å²) in [7, 11) is 1.59. The van der Waals surface area contributed by atoms with Crippen LogP contribution in [-0.2, 0) is 0 Å². The van der Waals surface area contributed by atoms with Crippen molar-refractivity contribution < 1.29 is 14.3 Å². The number of amides is 2. The Morgan fingerprint density at radius 3 is 2.31 bits per heavy atom. The number of hydrogen-bond acceptors (Lipinski definition) is 4. The molecule has 26 heavy (non-hydrogen) atoms. The number of hydrogen-bond donors (Lipinski definition) is 1. The molecule has 136 valence electrons. The van der Waals surface area contributed by atoms with Gasteiger partial charge in [0.25, 0.3) is 11.8 Å². The van der Waals surface area contributed by atoms with Gasteiger partial charge in [-0.1, -0.05) is 12.8 Å². The molecule has 0 radical (unpaired) electrons. The van der Waals surface area contributed by atoms with Gasteiger partial charge in [-0.3, -0.25) is 14.6 Å². The molecule has 1 fully saturated rings. The standard InChI is InChI=1S/C20H23N3O3/c1-26-18-8-6-17(7-9-18)22-19(24)15-12-16(14-21-13-15)20(25)23-10-4-2-3-5-11-23/h6-9,12-14H,2-5,10-11H2,1H3,(H,22,24). The van der Waals surface area contributed by atoms with Crippen molar-refractivity contribution >= 4 is 17.5 Å². The Labute approximate surface area is 153 Å². The van der Waals surface area contributed by atoms with Crippen LogP contribution in [0.15, 0.2) is 42.7 Å². The Bertz CT molecular complexity index is 766. The lowest BCUT2D eigenvalue weighted by Gasteiger charge is -2.20. The van der Waals surface area contributed by atoms with Crippen molar-refractivity contribution in [1.82, 2.24) is 9.88 Å². The van der Waals surface area contributed by atoms with Gasteiger partial charge in [-0.05, 0) is 43.2 Å². The van der Waals surface area contributed by atoms with E-state index in [9.17, 15) is 9.59 Å². The zero-order valence-corrected chi connectivity index (χ0v) is 14.9. The van der Waals surface area contributed by atoms with Crippen LogP contribution in [0.4, 0.5) is 5.69 Å². The molecule has 1 aliphatic rings. The van der Waals surface area contributed by atoms with E-state index >= 15 is 0 Å². The summed E-state index contributed by atoms with van der Waals surface area (Å²) in [5, 5.41) is 2.81. The summed E-state index contributed by atoms with van der Waals surface area (Å²) in [6.07, 6.45) is 7.36. The van der Waals surface area contributed by atoms with Crippen molar-refractivity contribution in [2.45, 2.75) is 25.7 Å². The molecule has 1 aromatic carbocycles. The topological polar surface area (TPSA) is 71.5 Å². The van der Waals surface area contributed by atoms with E-state index in [0.717, 1.165) is 44.5 Å². The second-order valence-corrected chi connectivity index (χ2v) is 6.35. The number of benzene rings is 1. The van der Waals surface area contributed by atoms with Crippen LogP contribution in [-0.4, -0.2) is 41.9 Å². The molecule has 1 aromatic heterocycles. The molecule has 2 amide bonds. The first-order valence-corrected chi connectivity index (χ1v) is 8.87.